The number of anilines is 1. The van der Waals surface area contributed by atoms with E-state index >= 15 is 0 Å². The predicted octanol–water partition coefficient (Wildman–Crippen LogP) is 13.2. The van der Waals surface area contributed by atoms with Crippen LogP contribution in [0.2, 0.25) is 0 Å². The van der Waals surface area contributed by atoms with Crippen LogP contribution in [0.5, 0.6) is 23.0 Å². The maximum atomic E-state index is 13.4. The van der Waals surface area contributed by atoms with E-state index < -0.39 is 0 Å². The van der Waals surface area contributed by atoms with Gasteiger partial charge in [-0.25, -0.2) is 23.7 Å². The van der Waals surface area contributed by atoms with Crippen LogP contribution in [0.15, 0.2) is 138 Å². The lowest BCUT2D eigenvalue weighted by atomic mass is 9.97. The number of hydrogen-bond acceptors (Lipinski definition) is 8. The van der Waals surface area contributed by atoms with Gasteiger partial charge >= 0.3 is 0 Å². The van der Waals surface area contributed by atoms with Gasteiger partial charge in [0.1, 0.15) is 11.6 Å². The molecule has 0 saturated carbocycles. The number of nitrogens with one attached hydrogen (secondary N) is 1. The molecule has 0 radical (unpaired) electrons. The van der Waals surface area contributed by atoms with E-state index in [1.807, 2.05) is 54.6 Å². The molecule has 1 N–H and O–H groups in total. The predicted molar refractivity (Wildman–Crippen MR) is 268 cm³/mol. The Labute approximate surface area is 396 Å². The SMILES string of the molecule is C.COc1cc2c(cc1OC)-c1c(-c3ccccc3)nc(N=Cc3ccc(F)cc3)n1CCC2.COc1cc2c(cc1OC)-c1c(-c3ccccc3)nc(NC(C)c3ccc(F)cc3)n1CCC2. The number of benzene rings is 6. The molecule has 10 nitrogen and oxygen atoms in total. The van der Waals surface area contributed by atoms with E-state index in [0.717, 1.165) is 112 Å². The smallest absolute Gasteiger partial charge is 0.230 e. The summed E-state index contributed by atoms with van der Waals surface area (Å²) in [4.78, 5) is 14.7. The van der Waals surface area contributed by atoms with Crippen LogP contribution in [0.25, 0.3) is 45.0 Å². The molecule has 6 aromatic carbocycles. The molecule has 2 aliphatic rings. The second-order valence-corrected chi connectivity index (χ2v) is 16.4. The van der Waals surface area contributed by atoms with Crippen molar-refractivity contribution < 1.29 is 27.7 Å². The molecule has 10 rings (SSSR count). The van der Waals surface area contributed by atoms with Crippen molar-refractivity contribution in [2.75, 3.05) is 33.8 Å². The molecule has 12 heteroatoms. The summed E-state index contributed by atoms with van der Waals surface area (Å²) in [7, 11) is 6.63. The van der Waals surface area contributed by atoms with Crippen molar-refractivity contribution in [2.45, 2.75) is 59.2 Å². The first-order valence-electron chi connectivity index (χ1n) is 22.4. The summed E-state index contributed by atoms with van der Waals surface area (Å²) in [6, 6.07) is 41.4. The Morgan fingerprint density at radius 3 is 1.56 bits per heavy atom. The number of ether oxygens (including phenoxy) is 4. The van der Waals surface area contributed by atoms with Crippen LogP contribution in [0, 0.1) is 11.6 Å². The van der Waals surface area contributed by atoms with Crippen molar-refractivity contribution in [3.8, 4) is 68.0 Å². The second kappa shape index (κ2) is 20.8. The van der Waals surface area contributed by atoms with Crippen LogP contribution in [0.1, 0.15) is 55.5 Å². The zero-order valence-corrected chi connectivity index (χ0v) is 38.2. The van der Waals surface area contributed by atoms with E-state index in [9.17, 15) is 8.78 Å². The quantitative estimate of drug-likeness (QED) is 0.129. The molecule has 0 aliphatic carbocycles. The van der Waals surface area contributed by atoms with E-state index in [-0.39, 0.29) is 25.1 Å². The summed E-state index contributed by atoms with van der Waals surface area (Å²) in [6.07, 6.45) is 5.48. The number of nitrogens with zero attached hydrogens (tertiary/aromatic N) is 5. The first-order chi connectivity index (χ1) is 32.8. The van der Waals surface area contributed by atoms with Crippen LogP contribution in [0.4, 0.5) is 20.7 Å². The molecular weight excluding hydrogens is 859 g/mol. The van der Waals surface area contributed by atoms with Gasteiger partial charge in [0.25, 0.3) is 0 Å². The van der Waals surface area contributed by atoms with E-state index in [0.29, 0.717) is 17.4 Å². The molecule has 4 heterocycles. The first-order valence-corrected chi connectivity index (χ1v) is 22.4. The number of aromatic nitrogens is 4. The standard InChI is InChI=1S/C28H28FN3O2.C27H24FN3O2.CH4/c1-18(19-11-13-22(29)14-12-19)30-28-31-26(20-8-5-4-6-9-20)27-23-17-25(34-3)24(33-2)16-21(23)10-7-15-32(27)28;1-32-23-15-20-9-6-14-31-26(22(20)16-24(23)33-2)25(19-7-4-3-5-8-19)30-27(31)29-17-18-10-12-21(28)13-11-18;/h4-6,8-9,11-14,16-18H,7,10,15H2,1-3H3,(H,30,31);3-5,7-8,10-13,15-17H,6,9,14H2,1-2H3;1H4. The summed E-state index contributed by atoms with van der Waals surface area (Å²) in [5.74, 6) is 3.75. The van der Waals surface area contributed by atoms with Gasteiger partial charge in [0, 0.05) is 41.6 Å². The highest BCUT2D eigenvalue weighted by Gasteiger charge is 2.28. The molecule has 2 aromatic heterocycles. The number of halogens is 2. The van der Waals surface area contributed by atoms with Crippen molar-refractivity contribution in [1.29, 1.82) is 0 Å². The van der Waals surface area contributed by atoms with Gasteiger partial charge in [-0.3, -0.25) is 0 Å². The number of hydrogen-bond donors (Lipinski definition) is 1. The lowest BCUT2D eigenvalue weighted by Gasteiger charge is -2.17. The number of aliphatic imine (C=N–C) groups is 1. The molecule has 68 heavy (non-hydrogen) atoms. The molecule has 0 saturated heterocycles. The minimum atomic E-state index is -0.269. The zero-order chi connectivity index (χ0) is 46.4. The highest BCUT2D eigenvalue weighted by atomic mass is 19.1. The van der Waals surface area contributed by atoms with Gasteiger partial charge in [-0.15, -0.1) is 0 Å². The van der Waals surface area contributed by atoms with Crippen LogP contribution in [0.3, 0.4) is 0 Å². The maximum Gasteiger partial charge on any atom is 0.230 e. The van der Waals surface area contributed by atoms with Gasteiger partial charge in [0.2, 0.25) is 11.9 Å². The average Bonchev–Trinajstić information content (AvgIpc) is 3.76. The van der Waals surface area contributed by atoms with Crippen LogP contribution >= 0.6 is 0 Å². The molecular formula is C56H56F2N6O4. The Morgan fingerprint density at radius 2 is 1.04 bits per heavy atom. The topological polar surface area (TPSA) is 97.0 Å². The second-order valence-electron chi connectivity index (χ2n) is 16.4. The molecule has 1 unspecified atom stereocenters. The van der Waals surface area contributed by atoms with Gasteiger partial charge in [-0.05, 0) is 103 Å². The Bertz CT molecular complexity index is 3020. The fourth-order valence-electron chi connectivity index (χ4n) is 8.93. The van der Waals surface area contributed by atoms with Gasteiger partial charge in [0.15, 0.2) is 23.0 Å². The number of imidazole rings is 2. The summed E-state index contributed by atoms with van der Waals surface area (Å²) >= 11 is 0. The Morgan fingerprint density at radius 1 is 0.588 bits per heavy atom. The summed E-state index contributed by atoms with van der Waals surface area (Å²) in [5, 5.41) is 3.58. The molecule has 348 valence electrons. The van der Waals surface area contributed by atoms with E-state index in [2.05, 4.69) is 63.8 Å². The monoisotopic (exact) mass is 914 g/mol. The van der Waals surface area contributed by atoms with Crippen molar-refractivity contribution >= 4 is 18.1 Å². The number of aryl methyl sites for hydroxylation is 2. The molecule has 8 aromatic rings. The minimum absolute atomic E-state index is 0. The average molecular weight is 915 g/mol. The Hall–Kier alpha value is -7.73. The fraction of sp³-hybridized carbons (Fsp3) is 0.232. The molecule has 1 atom stereocenters. The molecule has 0 bridgehead atoms. The third kappa shape index (κ3) is 9.58. The number of fused-ring (bicyclic) bond motifs is 6. The largest absolute Gasteiger partial charge is 0.493 e. The van der Waals surface area contributed by atoms with Crippen molar-refractivity contribution in [3.63, 3.8) is 0 Å². The Balaban J connectivity index is 0.000000181. The van der Waals surface area contributed by atoms with Crippen LogP contribution < -0.4 is 24.3 Å². The third-order valence-corrected chi connectivity index (χ3v) is 12.3. The Kier molecular flexibility index (Phi) is 14.3. The third-order valence-electron chi connectivity index (χ3n) is 12.3. The van der Waals surface area contributed by atoms with Crippen molar-refractivity contribution in [1.82, 2.24) is 19.1 Å². The molecule has 2 aliphatic heterocycles. The van der Waals surface area contributed by atoms with Crippen molar-refractivity contribution in [3.05, 3.63) is 167 Å². The summed E-state index contributed by atoms with van der Waals surface area (Å²) in [5.41, 5.74) is 12.3. The van der Waals surface area contributed by atoms with E-state index in [1.165, 1.54) is 35.4 Å². The lowest BCUT2D eigenvalue weighted by Crippen LogP contribution is -2.12. The van der Waals surface area contributed by atoms with E-state index in [4.69, 9.17) is 33.9 Å². The first kappa shape index (κ1) is 46.8. The summed E-state index contributed by atoms with van der Waals surface area (Å²) < 4.78 is 53.5. The van der Waals surface area contributed by atoms with Gasteiger partial charge in [-0.1, -0.05) is 92.4 Å². The number of methoxy groups -OCH3 is 4. The summed E-state index contributed by atoms with van der Waals surface area (Å²) in [6.45, 7) is 3.67. The molecule has 0 spiro atoms. The van der Waals surface area contributed by atoms with Crippen LogP contribution in [-0.4, -0.2) is 53.8 Å². The lowest BCUT2D eigenvalue weighted by molar-refractivity contribution is 0.354. The highest BCUT2D eigenvalue weighted by Crippen LogP contribution is 2.45. The van der Waals surface area contributed by atoms with Crippen molar-refractivity contribution in [2.24, 2.45) is 4.99 Å². The highest BCUT2D eigenvalue weighted by molar-refractivity contribution is 5.87. The fourth-order valence-corrected chi connectivity index (χ4v) is 8.93. The number of rotatable bonds is 11. The van der Waals surface area contributed by atoms with Gasteiger partial charge in [0.05, 0.1) is 57.3 Å². The normalized spacial score (nSPS) is 12.9. The molecule has 0 amide bonds. The maximum absolute atomic E-state index is 13.4. The van der Waals surface area contributed by atoms with E-state index in [1.54, 1.807) is 46.8 Å². The van der Waals surface area contributed by atoms with Crippen LogP contribution in [-0.2, 0) is 25.9 Å². The van der Waals surface area contributed by atoms with Gasteiger partial charge < -0.3 is 33.4 Å². The van der Waals surface area contributed by atoms with Gasteiger partial charge in [-0.2, -0.15) is 0 Å². The zero-order valence-electron chi connectivity index (χ0n) is 38.2. The molecule has 0 fully saturated rings. The minimum Gasteiger partial charge on any atom is -0.493 e.